The third-order valence-corrected chi connectivity index (χ3v) is 3.10. The molecule has 8 heteroatoms. The van der Waals surface area contributed by atoms with Crippen molar-refractivity contribution >= 4 is 17.8 Å². The summed E-state index contributed by atoms with van der Waals surface area (Å²) in [5, 5.41) is 17.2. The number of carbonyl (C=O) groups is 3. The molecule has 0 spiro atoms. The zero-order chi connectivity index (χ0) is 16.8. The number of nitrogens with one attached hydrogen (secondary N) is 2. The van der Waals surface area contributed by atoms with Gasteiger partial charge in [-0.15, -0.1) is 0 Å². The number of carbonyl (C=O) groups excluding carboxylic acids is 2. The number of hydrogen-bond acceptors (Lipinski definition) is 4. The van der Waals surface area contributed by atoms with Crippen molar-refractivity contribution in [3.8, 4) is 5.69 Å². The fraction of sp³-hybridized carbons (Fsp3) is 0.200. The van der Waals surface area contributed by atoms with E-state index in [2.05, 4.69) is 15.7 Å². The summed E-state index contributed by atoms with van der Waals surface area (Å²) in [6.07, 6.45) is 1.42. The Balaban J connectivity index is 2.00. The van der Waals surface area contributed by atoms with E-state index in [0.717, 1.165) is 5.69 Å². The number of para-hydroxylation sites is 1. The minimum Gasteiger partial charge on any atom is -0.480 e. The fourth-order valence-electron chi connectivity index (χ4n) is 1.95. The van der Waals surface area contributed by atoms with E-state index < -0.39 is 24.3 Å². The van der Waals surface area contributed by atoms with E-state index in [9.17, 15) is 14.4 Å². The Morgan fingerprint density at radius 3 is 2.48 bits per heavy atom. The third-order valence-electron chi connectivity index (χ3n) is 3.10. The van der Waals surface area contributed by atoms with E-state index >= 15 is 0 Å². The van der Waals surface area contributed by atoms with Crippen LogP contribution in [0.5, 0.6) is 0 Å². The maximum Gasteiger partial charge on any atom is 0.322 e. The summed E-state index contributed by atoms with van der Waals surface area (Å²) in [6.45, 7) is 0.959. The van der Waals surface area contributed by atoms with E-state index in [1.165, 1.54) is 6.20 Å². The van der Waals surface area contributed by atoms with Crippen molar-refractivity contribution in [3.05, 3.63) is 47.8 Å². The molecule has 0 bridgehead atoms. The molecule has 0 saturated heterocycles. The molecule has 0 aliphatic carbocycles. The van der Waals surface area contributed by atoms with Gasteiger partial charge in [-0.05, 0) is 19.1 Å². The van der Waals surface area contributed by atoms with Crippen molar-refractivity contribution in [2.45, 2.75) is 6.92 Å². The Labute approximate surface area is 132 Å². The van der Waals surface area contributed by atoms with Crippen molar-refractivity contribution in [3.63, 3.8) is 0 Å². The Bertz CT molecular complexity index is 724. The number of carboxylic acids is 1. The molecule has 0 fully saturated rings. The van der Waals surface area contributed by atoms with Crippen molar-refractivity contribution in [2.24, 2.45) is 0 Å². The highest BCUT2D eigenvalue weighted by Gasteiger charge is 2.15. The summed E-state index contributed by atoms with van der Waals surface area (Å²) in [7, 11) is 0. The third kappa shape index (κ3) is 4.16. The molecule has 2 rings (SSSR count). The fourth-order valence-corrected chi connectivity index (χ4v) is 1.95. The summed E-state index contributed by atoms with van der Waals surface area (Å²) < 4.78 is 1.62. The van der Waals surface area contributed by atoms with Crippen LogP contribution in [0.2, 0.25) is 0 Å². The molecular weight excluding hydrogens is 300 g/mol. The second-order valence-corrected chi connectivity index (χ2v) is 4.74. The Kier molecular flexibility index (Phi) is 5.08. The van der Waals surface area contributed by atoms with Gasteiger partial charge in [-0.1, -0.05) is 18.2 Å². The zero-order valence-electron chi connectivity index (χ0n) is 12.4. The number of nitrogens with zero attached hydrogens (tertiary/aromatic N) is 2. The zero-order valence-corrected chi connectivity index (χ0v) is 12.4. The van der Waals surface area contributed by atoms with E-state index in [1.54, 1.807) is 11.6 Å². The van der Waals surface area contributed by atoms with Crippen LogP contribution in [0.3, 0.4) is 0 Å². The van der Waals surface area contributed by atoms with E-state index in [1.807, 2.05) is 30.3 Å². The molecule has 1 aromatic heterocycles. The van der Waals surface area contributed by atoms with Crippen LogP contribution >= 0.6 is 0 Å². The first-order chi connectivity index (χ1) is 11.0. The average molecular weight is 316 g/mol. The molecule has 0 atom stereocenters. The predicted molar refractivity (Wildman–Crippen MR) is 81.3 cm³/mol. The Hall–Kier alpha value is -3.16. The van der Waals surface area contributed by atoms with Crippen LogP contribution in [0.1, 0.15) is 16.1 Å². The first kappa shape index (κ1) is 16.2. The van der Waals surface area contributed by atoms with E-state index in [-0.39, 0.29) is 6.54 Å². The van der Waals surface area contributed by atoms with Crippen LogP contribution in [0.15, 0.2) is 36.5 Å². The molecule has 0 unspecified atom stereocenters. The number of aliphatic carboxylic acids is 1. The first-order valence-electron chi connectivity index (χ1n) is 6.85. The van der Waals surface area contributed by atoms with Gasteiger partial charge in [0.05, 0.1) is 29.7 Å². The van der Waals surface area contributed by atoms with Crippen LogP contribution in [-0.4, -0.2) is 45.8 Å². The van der Waals surface area contributed by atoms with Crippen molar-refractivity contribution in [1.82, 2.24) is 20.4 Å². The topological polar surface area (TPSA) is 113 Å². The Morgan fingerprint density at radius 2 is 1.83 bits per heavy atom. The number of aromatic nitrogens is 2. The lowest BCUT2D eigenvalue weighted by Gasteiger charge is -2.06. The Morgan fingerprint density at radius 1 is 1.13 bits per heavy atom. The van der Waals surface area contributed by atoms with Crippen molar-refractivity contribution < 1.29 is 19.5 Å². The standard InChI is InChI=1S/C15H16N4O4/c1-10-12(7-18-19(10)11-5-3-2-4-6-11)15(23)17-8-13(20)16-9-14(21)22/h2-7H,8-9H2,1H3,(H,16,20)(H,17,23)(H,21,22). The molecule has 0 aliphatic heterocycles. The van der Waals surface area contributed by atoms with Gasteiger partial charge >= 0.3 is 5.97 Å². The molecule has 8 nitrogen and oxygen atoms in total. The SMILES string of the molecule is Cc1c(C(=O)NCC(=O)NCC(=O)O)cnn1-c1ccccc1. The maximum absolute atomic E-state index is 12.1. The van der Waals surface area contributed by atoms with Gasteiger partial charge in [0, 0.05) is 0 Å². The summed E-state index contributed by atoms with van der Waals surface area (Å²) in [5.74, 6) is -2.17. The lowest BCUT2D eigenvalue weighted by atomic mass is 10.2. The van der Waals surface area contributed by atoms with E-state index in [4.69, 9.17) is 5.11 Å². The molecule has 1 heterocycles. The van der Waals surface area contributed by atoms with Gasteiger partial charge in [0.1, 0.15) is 6.54 Å². The van der Waals surface area contributed by atoms with Gasteiger partial charge in [0.25, 0.3) is 5.91 Å². The van der Waals surface area contributed by atoms with Gasteiger partial charge in [0.2, 0.25) is 5.91 Å². The van der Waals surface area contributed by atoms with Crippen LogP contribution < -0.4 is 10.6 Å². The monoisotopic (exact) mass is 316 g/mol. The van der Waals surface area contributed by atoms with Gasteiger partial charge in [0.15, 0.2) is 0 Å². The molecule has 0 saturated carbocycles. The van der Waals surface area contributed by atoms with Crippen LogP contribution in [0.25, 0.3) is 5.69 Å². The highest BCUT2D eigenvalue weighted by atomic mass is 16.4. The number of amides is 2. The molecule has 0 radical (unpaired) electrons. The molecule has 2 aromatic rings. The number of rotatable bonds is 6. The molecule has 3 N–H and O–H groups in total. The first-order valence-corrected chi connectivity index (χ1v) is 6.85. The van der Waals surface area contributed by atoms with Crippen LogP contribution in [0, 0.1) is 6.92 Å². The van der Waals surface area contributed by atoms with Crippen molar-refractivity contribution in [1.29, 1.82) is 0 Å². The van der Waals surface area contributed by atoms with Gasteiger partial charge in [-0.2, -0.15) is 5.10 Å². The van der Waals surface area contributed by atoms with Crippen LogP contribution in [0.4, 0.5) is 0 Å². The average Bonchev–Trinajstić information content (AvgIpc) is 2.93. The number of hydrogen-bond donors (Lipinski definition) is 3. The number of benzene rings is 1. The molecule has 2 amide bonds. The molecule has 1 aromatic carbocycles. The summed E-state index contributed by atoms with van der Waals surface area (Å²) >= 11 is 0. The molecule has 120 valence electrons. The van der Waals surface area contributed by atoms with Crippen molar-refractivity contribution in [2.75, 3.05) is 13.1 Å². The normalized spacial score (nSPS) is 10.1. The molecule has 23 heavy (non-hydrogen) atoms. The van der Waals surface area contributed by atoms with Gasteiger partial charge < -0.3 is 15.7 Å². The molecule has 0 aliphatic rings. The smallest absolute Gasteiger partial charge is 0.322 e. The van der Waals surface area contributed by atoms with Crippen LogP contribution in [-0.2, 0) is 9.59 Å². The van der Waals surface area contributed by atoms with Gasteiger partial charge in [-0.3, -0.25) is 14.4 Å². The highest BCUT2D eigenvalue weighted by Crippen LogP contribution is 2.13. The second-order valence-electron chi connectivity index (χ2n) is 4.74. The number of carboxylic acid groups (broad SMARTS) is 1. The summed E-state index contributed by atoms with van der Waals surface area (Å²) in [5.41, 5.74) is 1.81. The predicted octanol–water partition coefficient (Wildman–Crippen LogP) is 0.111. The lowest BCUT2D eigenvalue weighted by molar-refractivity contribution is -0.137. The van der Waals surface area contributed by atoms with Gasteiger partial charge in [-0.25, -0.2) is 4.68 Å². The minimum absolute atomic E-state index is 0.304. The van der Waals surface area contributed by atoms with E-state index in [0.29, 0.717) is 11.3 Å². The lowest BCUT2D eigenvalue weighted by Crippen LogP contribution is -2.39. The largest absolute Gasteiger partial charge is 0.480 e. The summed E-state index contributed by atoms with van der Waals surface area (Å²) in [4.78, 5) is 33.8. The maximum atomic E-state index is 12.1. The minimum atomic E-state index is -1.15. The highest BCUT2D eigenvalue weighted by molar-refractivity contribution is 5.97. The summed E-state index contributed by atoms with van der Waals surface area (Å²) in [6, 6.07) is 9.33. The quantitative estimate of drug-likeness (QED) is 0.700. The molecular formula is C15H16N4O4. The second kappa shape index (κ2) is 7.21.